The Morgan fingerprint density at radius 3 is 1.85 bits per heavy atom. The zero-order valence-electron chi connectivity index (χ0n) is 6.67. The standard InChI is InChI=1S/C5H9O7P/c1-5(2-6,13(10,11)12)3(7)4(8)9/h6H,2H2,1H3,(H,8,9)(H2,10,11,12). The normalized spacial score (nSPS) is 16.3. The van der Waals surface area contributed by atoms with Crippen LogP contribution in [-0.4, -0.2) is 43.5 Å². The van der Waals surface area contributed by atoms with E-state index in [0.717, 1.165) is 0 Å². The Morgan fingerprint density at radius 2 is 1.77 bits per heavy atom. The van der Waals surface area contributed by atoms with Crippen LogP contribution in [0.15, 0.2) is 0 Å². The SMILES string of the molecule is CC(CO)(C(=O)C(=O)O)P(=O)(O)O. The maximum absolute atomic E-state index is 10.8. The van der Waals surface area contributed by atoms with Gasteiger partial charge >= 0.3 is 13.6 Å². The van der Waals surface area contributed by atoms with E-state index in [1.165, 1.54) is 0 Å². The molecule has 0 aliphatic carbocycles. The summed E-state index contributed by atoms with van der Waals surface area (Å²) in [6.45, 7) is -0.521. The monoisotopic (exact) mass is 212 g/mol. The summed E-state index contributed by atoms with van der Waals surface area (Å²) in [5, 5.41) is 14.2. The third-order valence-electron chi connectivity index (χ3n) is 1.63. The van der Waals surface area contributed by atoms with Crippen LogP contribution in [0, 0.1) is 0 Å². The second kappa shape index (κ2) is 3.55. The number of rotatable bonds is 4. The van der Waals surface area contributed by atoms with Crippen LogP contribution in [0.25, 0.3) is 0 Å². The van der Waals surface area contributed by atoms with Crippen LogP contribution in [-0.2, 0) is 14.2 Å². The van der Waals surface area contributed by atoms with E-state index in [2.05, 4.69) is 0 Å². The summed E-state index contributed by atoms with van der Waals surface area (Å²) in [4.78, 5) is 38.2. The Labute approximate surface area is 73.2 Å². The summed E-state index contributed by atoms with van der Waals surface area (Å²) < 4.78 is 10.7. The largest absolute Gasteiger partial charge is 0.475 e. The molecule has 0 spiro atoms. The van der Waals surface area contributed by atoms with Crippen molar-refractivity contribution in [1.29, 1.82) is 0 Å². The number of carboxylic acid groups (broad SMARTS) is 1. The third-order valence-corrected chi connectivity index (χ3v) is 3.26. The van der Waals surface area contributed by atoms with E-state index in [1.54, 1.807) is 0 Å². The van der Waals surface area contributed by atoms with Gasteiger partial charge in [-0.05, 0) is 6.92 Å². The molecule has 1 unspecified atom stereocenters. The molecule has 0 fully saturated rings. The Hall–Kier alpha value is -0.750. The molecule has 0 bridgehead atoms. The van der Waals surface area contributed by atoms with Crippen molar-refractivity contribution < 1.29 is 34.2 Å². The van der Waals surface area contributed by atoms with E-state index in [0.29, 0.717) is 6.92 Å². The summed E-state index contributed by atoms with van der Waals surface area (Å²) in [7, 11) is -4.98. The van der Waals surface area contributed by atoms with Crippen LogP contribution < -0.4 is 0 Å². The predicted octanol–water partition coefficient (Wildman–Crippen LogP) is -1.43. The van der Waals surface area contributed by atoms with Crippen molar-refractivity contribution in [2.24, 2.45) is 0 Å². The van der Waals surface area contributed by atoms with Gasteiger partial charge in [-0.15, -0.1) is 0 Å². The van der Waals surface area contributed by atoms with Gasteiger partial charge in [-0.1, -0.05) is 0 Å². The number of carboxylic acids is 1. The number of hydrogen-bond donors (Lipinski definition) is 4. The van der Waals surface area contributed by atoms with Gasteiger partial charge in [-0.3, -0.25) is 9.36 Å². The molecule has 0 heterocycles. The molecule has 1 atom stereocenters. The van der Waals surface area contributed by atoms with Gasteiger partial charge in [0.1, 0.15) is 0 Å². The number of Topliss-reactive ketones (excluding diaryl/α,β-unsaturated/α-hetero) is 1. The van der Waals surface area contributed by atoms with Crippen LogP contribution in [0.1, 0.15) is 6.92 Å². The number of aliphatic hydroxyl groups is 1. The summed E-state index contributed by atoms with van der Waals surface area (Å²) in [5.74, 6) is -3.69. The van der Waals surface area contributed by atoms with Crippen molar-refractivity contribution in [3.05, 3.63) is 0 Å². The lowest BCUT2D eigenvalue weighted by Gasteiger charge is -2.24. The van der Waals surface area contributed by atoms with E-state index >= 15 is 0 Å². The van der Waals surface area contributed by atoms with Gasteiger partial charge in [-0.25, -0.2) is 4.79 Å². The maximum atomic E-state index is 10.8. The zero-order chi connectivity index (χ0) is 10.9. The average molecular weight is 212 g/mol. The van der Waals surface area contributed by atoms with E-state index in [-0.39, 0.29) is 0 Å². The summed E-state index contributed by atoms with van der Waals surface area (Å²) >= 11 is 0. The molecule has 0 radical (unpaired) electrons. The Bertz CT molecular complexity index is 279. The topological polar surface area (TPSA) is 132 Å². The number of carbonyl (C=O) groups excluding carboxylic acids is 1. The molecule has 0 saturated heterocycles. The first-order valence-electron chi connectivity index (χ1n) is 3.11. The minimum absolute atomic E-state index is 0.699. The first kappa shape index (κ1) is 12.2. The van der Waals surface area contributed by atoms with Gasteiger partial charge in [0, 0.05) is 0 Å². The van der Waals surface area contributed by atoms with Crippen LogP contribution in [0.3, 0.4) is 0 Å². The average Bonchev–Trinajstić information content (AvgIpc) is 1.99. The van der Waals surface area contributed by atoms with Gasteiger partial charge in [0.25, 0.3) is 5.78 Å². The lowest BCUT2D eigenvalue weighted by molar-refractivity contribution is -0.151. The zero-order valence-corrected chi connectivity index (χ0v) is 7.56. The highest BCUT2D eigenvalue weighted by Crippen LogP contribution is 2.50. The summed E-state index contributed by atoms with van der Waals surface area (Å²) in [6.07, 6.45) is 0. The van der Waals surface area contributed by atoms with E-state index < -0.39 is 31.1 Å². The van der Waals surface area contributed by atoms with Crippen molar-refractivity contribution in [1.82, 2.24) is 0 Å². The highest BCUT2D eigenvalue weighted by Gasteiger charge is 2.51. The van der Waals surface area contributed by atoms with Gasteiger partial charge in [0.2, 0.25) is 0 Å². The molecule has 0 aromatic rings. The lowest BCUT2D eigenvalue weighted by Crippen LogP contribution is -2.43. The number of hydrogen-bond acceptors (Lipinski definition) is 4. The van der Waals surface area contributed by atoms with Crippen molar-refractivity contribution >= 4 is 19.3 Å². The van der Waals surface area contributed by atoms with Crippen molar-refractivity contribution in [3.8, 4) is 0 Å². The second-order valence-electron chi connectivity index (χ2n) is 2.61. The molecule has 0 aliphatic rings. The molecule has 0 saturated carbocycles. The Balaban J connectivity index is 5.20. The van der Waals surface area contributed by atoms with Gasteiger partial charge in [0.05, 0.1) is 6.61 Å². The molecule has 0 amide bonds. The number of aliphatic carboxylic acids is 1. The molecule has 7 nitrogen and oxygen atoms in total. The third kappa shape index (κ3) is 2.13. The fraction of sp³-hybridized carbons (Fsp3) is 0.600. The smallest absolute Gasteiger partial charge is 0.373 e. The Kier molecular flexibility index (Phi) is 3.34. The molecule has 13 heavy (non-hydrogen) atoms. The summed E-state index contributed by atoms with van der Waals surface area (Å²) in [6, 6.07) is 0. The first-order valence-corrected chi connectivity index (χ1v) is 4.72. The predicted molar refractivity (Wildman–Crippen MR) is 40.2 cm³/mol. The maximum Gasteiger partial charge on any atom is 0.373 e. The minimum atomic E-state index is -4.98. The second-order valence-corrected chi connectivity index (χ2v) is 4.69. The fourth-order valence-electron chi connectivity index (χ4n) is 0.527. The Morgan fingerprint density at radius 1 is 1.38 bits per heavy atom. The van der Waals surface area contributed by atoms with Gasteiger partial charge in [-0.2, -0.15) is 0 Å². The highest BCUT2D eigenvalue weighted by atomic mass is 31.2. The molecule has 0 aromatic heterocycles. The van der Waals surface area contributed by atoms with E-state index in [4.69, 9.17) is 20.0 Å². The molecule has 0 rings (SSSR count). The molecule has 0 aromatic carbocycles. The fourth-order valence-corrected chi connectivity index (χ4v) is 1.07. The molecule has 8 heteroatoms. The van der Waals surface area contributed by atoms with E-state index in [9.17, 15) is 14.2 Å². The van der Waals surface area contributed by atoms with Crippen molar-refractivity contribution in [2.75, 3.05) is 6.61 Å². The molecular formula is C5H9O7P. The van der Waals surface area contributed by atoms with E-state index in [1.807, 2.05) is 0 Å². The van der Waals surface area contributed by atoms with Crippen molar-refractivity contribution in [2.45, 2.75) is 12.1 Å². The lowest BCUT2D eigenvalue weighted by atomic mass is 10.1. The van der Waals surface area contributed by atoms with Crippen LogP contribution >= 0.6 is 7.60 Å². The van der Waals surface area contributed by atoms with Crippen LogP contribution in [0.5, 0.6) is 0 Å². The number of aliphatic hydroxyl groups excluding tert-OH is 1. The quantitative estimate of drug-likeness (QED) is 0.331. The van der Waals surface area contributed by atoms with Crippen LogP contribution in [0.2, 0.25) is 0 Å². The molecule has 76 valence electrons. The number of ketones is 1. The summed E-state index contributed by atoms with van der Waals surface area (Å²) in [5.41, 5.74) is 0. The first-order chi connectivity index (χ1) is 5.66. The van der Waals surface area contributed by atoms with Gasteiger partial charge in [0.15, 0.2) is 5.16 Å². The molecule has 4 N–H and O–H groups in total. The number of carbonyl (C=O) groups is 2. The van der Waals surface area contributed by atoms with Crippen molar-refractivity contribution in [3.63, 3.8) is 0 Å². The molecular weight excluding hydrogens is 203 g/mol. The highest BCUT2D eigenvalue weighted by molar-refractivity contribution is 7.55. The van der Waals surface area contributed by atoms with Gasteiger partial charge < -0.3 is 20.0 Å². The van der Waals surface area contributed by atoms with Crippen LogP contribution in [0.4, 0.5) is 0 Å². The minimum Gasteiger partial charge on any atom is -0.475 e. The molecule has 0 aliphatic heterocycles.